The molecule has 4 saturated heterocycles. The molecule has 2 aliphatic carbocycles. The average molecular weight is 1320 g/mol. The number of ether oxygens (including phenoxy) is 10. The number of sulfonamides is 2. The van der Waals surface area contributed by atoms with E-state index in [0.717, 1.165) is 42.1 Å². The molecule has 0 radical (unpaired) electrons. The monoisotopic (exact) mass is 1320 g/mol. The Labute approximate surface area is 520 Å². The van der Waals surface area contributed by atoms with Crippen LogP contribution in [-0.2, 0) is 80.2 Å². The van der Waals surface area contributed by atoms with E-state index in [-0.39, 0.29) is 91.7 Å². The maximum atomic E-state index is 14.1. The summed E-state index contributed by atoms with van der Waals surface area (Å²) >= 11 is 0. The Balaban J connectivity index is 0.000000210. The lowest BCUT2D eigenvalue weighted by Crippen LogP contribution is -2.54. The van der Waals surface area contributed by atoms with Crippen LogP contribution in [0.1, 0.15) is 75.3 Å². The molecule has 33 heteroatoms. The standard InChI is InChI=1S/C29H36N2O10S.C28H36N3O13PS.2H3N/c32-24(16-31(41-20-8-4-5-9-20)42(34,35)21-10-11-25-26(15-21)39-18-38-25)23(14-19-6-2-1-3-7-19)30-29(33)40-27-17-37-28-22(27)12-13-36-28;32-28(42-25-16-39-27-22(25)12-13-38-27)29-26(14-19-6-2-1-3-7-19)30(44-45(33,34)35)17-31(43-20-8-4-5-9-20)46(36,37)21-10-11-23-24(15-21)41-18-40-23;;/h1-3,6-7,10-11,15,20,22-24,27-28,32H,4-5,8-9,12-14,16-18H2,(H,30,33);1-3,6-7,10-11,15,20,22,25-27H,4-5,8-9,12-14,16-18H2,(H,29,32)(H2,33,34,35);2*1H3/t22-,23-,24+,27?,28+;22-,25?,26+,27+;;/m00../s1. The predicted octanol–water partition coefficient (Wildman–Crippen LogP) is 5.68. The van der Waals surface area contributed by atoms with Crippen LogP contribution in [0.15, 0.2) is 107 Å². The van der Waals surface area contributed by atoms with Crippen molar-refractivity contribution in [1.29, 1.82) is 0 Å². The summed E-state index contributed by atoms with van der Waals surface area (Å²) in [7, 11) is -14.0. The molecular weight excluding hydrogens is 1250 g/mol. The van der Waals surface area contributed by atoms with Crippen molar-refractivity contribution in [1.82, 2.24) is 36.9 Å². The van der Waals surface area contributed by atoms with Gasteiger partial charge in [-0.15, -0.1) is 5.06 Å². The summed E-state index contributed by atoms with van der Waals surface area (Å²) in [5, 5.41) is 17.6. The highest BCUT2D eigenvalue weighted by molar-refractivity contribution is 7.89. The third-order valence-corrected chi connectivity index (χ3v) is 19.8. The van der Waals surface area contributed by atoms with Gasteiger partial charge < -0.3 is 85.2 Å². The van der Waals surface area contributed by atoms with E-state index in [1.165, 1.54) is 36.4 Å². The number of nitrogens with one attached hydrogen (secondary N) is 2. The molecule has 9 atom stereocenters. The Hall–Kier alpha value is -5.85. The van der Waals surface area contributed by atoms with Crippen LogP contribution in [0.3, 0.4) is 0 Å². The van der Waals surface area contributed by atoms with E-state index in [0.29, 0.717) is 77.7 Å². The van der Waals surface area contributed by atoms with E-state index >= 15 is 0 Å². The summed E-state index contributed by atoms with van der Waals surface area (Å²) < 4.78 is 129. The van der Waals surface area contributed by atoms with Gasteiger partial charge in [0.2, 0.25) is 13.6 Å². The molecule has 6 aliphatic heterocycles. The minimum Gasteiger partial charge on any atom is -0.454 e. The highest BCUT2D eigenvalue weighted by atomic mass is 32.2. The number of carbonyl (C=O) groups excluding carboxylic acids is 2. The molecule has 0 spiro atoms. The molecule has 0 aromatic heterocycles. The highest BCUT2D eigenvalue weighted by Crippen LogP contribution is 2.41. The number of fused-ring (bicyclic) bond motifs is 4. The molecule has 496 valence electrons. The molecule has 2 unspecified atom stereocenters. The Morgan fingerprint density at radius 1 is 0.589 bits per heavy atom. The van der Waals surface area contributed by atoms with Crippen LogP contribution in [0.5, 0.6) is 23.0 Å². The summed E-state index contributed by atoms with van der Waals surface area (Å²) in [5.41, 5.74) is 1.49. The number of hydrogen-bond donors (Lipinski definition) is 7. The summed E-state index contributed by atoms with van der Waals surface area (Å²) in [6.07, 6.45) is 0.467. The van der Waals surface area contributed by atoms with E-state index < -0.39 is 96.2 Å². The largest absolute Gasteiger partial charge is 0.486 e. The van der Waals surface area contributed by atoms with Crippen molar-refractivity contribution in [2.45, 2.75) is 142 Å². The van der Waals surface area contributed by atoms with Crippen molar-refractivity contribution in [3.63, 3.8) is 0 Å². The first-order valence-corrected chi connectivity index (χ1v) is 33.7. The van der Waals surface area contributed by atoms with E-state index in [1.54, 1.807) is 30.3 Å². The number of aliphatic hydroxyl groups excluding tert-OH is 1. The van der Waals surface area contributed by atoms with E-state index in [4.69, 9.17) is 61.7 Å². The number of hydroxylamine groups is 4. The summed E-state index contributed by atoms with van der Waals surface area (Å²) in [5.74, 6) is 1.13. The quantitative estimate of drug-likeness (QED) is 0.0252. The minimum atomic E-state index is -5.31. The van der Waals surface area contributed by atoms with Gasteiger partial charge in [0.1, 0.15) is 25.0 Å². The zero-order chi connectivity index (χ0) is 61.4. The second-order valence-electron chi connectivity index (χ2n) is 22.3. The van der Waals surface area contributed by atoms with Crippen LogP contribution in [-0.4, -0.2) is 166 Å². The topological polar surface area (TPSA) is 404 Å². The molecule has 90 heavy (non-hydrogen) atoms. The zero-order valence-electron chi connectivity index (χ0n) is 49.3. The molecule has 4 aromatic rings. The molecular formula is C57H78N7O23PS2. The van der Waals surface area contributed by atoms with Crippen molar-refractivity contribution >= 4 is 40.1 Å². The molecule has 12 rings (SSSR count). The van der Waals surface area contributed by atoms with Gasteiger partial charge in [-0.2, -0.15) is 4.62 Å². The Bertz CT molecular complexity index is 3300. The van der Waals surface area contributed by atoms with Crippen molar-refractivity contribution in [2.24, 2.45) is 11.8 Å². The minimum absolute atomic E-state index is 0. The molecule has 2 amide bonds. The van der Waals surface area contributed by atoms with Gasteiger partial charge in [0, 0.05) is 18.6 Å². The smallest absolute Gasteiger partial charge is 0.454 e. The Morgan fingerprint density at radius 2 is 1.04 bits per heavy atom. The van der Waals surface area contributed by atoms with E-state index in [2.05, 4.69) is 10.6 Å². The van der Waals surface area contributed by atoms with Gasteiger partial charge in [-0.05, 0) is 80.3 Å². The lowest BCUT2D eigenvalue weighted by Gasteiger charge is -2.35. The van der Waals surface area contributed by atoms with Gasteiger partial charge >= 0.3 is 20.0 Å². The number of alkyl carbamates (subject to hydrolysis) is 2. The summed E-state index contributed by atoms with van der Waals surface area (Å²) in [4.78, 5) is 57.9. The van der Waals surface area contributed by atoms with Crippen LogP contribution in [0.4, 0.5) is 9.59 Å². The fourth-order valence-electron chi connectivity index (χ4n) is 11.6. The first kappa shape index (κ1) is 68.5. The maximum Gasteiger partial charge on any atom is 0.486 e. The van der Waals surface area contributed by atoms with Crippen LogP contribution in [0, 0.1) is 11.8 Å². The van der Waals surface area contributed by atoms with Gasteiger partial charge in [0.25, 0.3) is 20.0 Å². The molecule has 6 fully saturated rings. The fourth-order valence-corrected chi connectivity index (χ4v) is 14.6. The predicted molar refractivity (Wildman–Crippen MR) is 313 cm³/mol. The Morgan fingerprint density at radius 3 is 1.54 bits per heavy atom. The third kappa shape index (κ3) is 17.2. The molecule has 0 bridgehead atoms. The van der Waals surface area contributed by atoms with Crippen LogP contribution in [0.2, 0.25) is 0 Å². The first-order chi connectivity index (χ1) is 42.4. The van der Waals surface area contributed by atoms with Crippen LogP contribution in [0.25, 0.3) is 0 Å². The first-order valence-electron chi connectivity index (χ1n) is 29.3. The molecule has 30 nitrogen and oxygen atoms in total. The van der Waals surface area contributed by atoms with E-state index in [1.807, 2.05) is 30.3 Å². The molecule has 4 aromatic carbocycles. The molecule has 8 aliphatic rings. The summed E-state index contributed by atoms with van der Waals surface area (Å²) in [6.45, 7) is 0.0147. The van der Waals surface area contributed by atoms with Crippen molar-refractivity contribution < 1.29 is 108 Å². The fraction of sp³-hybridized carbons (Fsp3) is 0.544. The molecule has 11 N–H and O–H groups in total. The molecule has 6 heterocycles. The lowest BCUT2D eigenvalue weighted by atomic mass is 10.0. The second-order valence-corrected chi connectivity index (χ2v) is 27.1. The van der Waals surface area contributed by atoms with Crippen LogP contribution < -0.4 is 41.9 Å². The van der Waals surface area contributed by atoms with E-state index in [9.17, 15) is 45.9 Å². The maximum absolute atomic E-state index is 14.1. The third-order valence-electron chi connectivity index (χ3n) is 16.2. The number of phosphoric acid groups is 1. The lowest BCUT2D eigenvalue weighted by molar-refractivity contribution is -0.217. The van der Waals surface area contributed by atoms with Crippen LogP contribution >= 0.6 is 7.82 Å². The van der Waals surface area contributed by atoms with Crippen molar-refractivity contribution in [2.75, 3.05) is 53.2 Å². The number of aliphatic hydroxyl groups is 1. The van der Waals surface area contributed by atoms with Crippen molar-refractivity contribution in [3.8, 4) is 23.0 Å². The number of hydrogen-bond acceptors (Lipinski definition) is 24. The number of nitrogens with zero attached hydrogens (tertiary/aromatic N) is 3. The van der Waals surface area contributed by atoms with Gasteiger partial charge in [-0.1, -0.05) is 95.3 Å². The average Bonchev–Trinajstić information content (AvgIpc) is 1.51. The van der Waals surface area contributed by atoms with Gasteiger partial charge in [0.05, 0.1) is 79.0 Å². The normalized spacial score (nSPS) is 23.7. The van der Waals surface area contributed by atoms with Crippen molar-refractivity contribution in [3.05, 3.63) is 108 Å². The number of rotatable bonds is 24. The second kappa shape index (κ2) is 30.7. The number of benzene rings is 4. The highest BCUT2D eigenvalue weighted by Gasteiger charge is 2.46. The zero-order valence-corrected chi connectivity index (χ0v) is 51.8. The molecule has 2 saturated carbocycles. The SMILES string of the molecule is N.N.O=C(N[C@@H](Cc1ccccc1)N(CN(OC1CCCC1)S(=O)(=O)c1ccc2c(c1)OCO2)OP(=O)(O)O)OC1CO[C@H]2OCC[C@@H]12.O=C(N[C@@H](Cc1ccccc1)[C@H](O)CN(OC1CCCC1)S(=O)(=O)c1ccc2c(c1)OCO2)OC1CO[C@H]2OCC[C@@H]12. The van der Waals surface area contributed by atoms with Gasteiger partial charge in [0.15, 0.2) is 35.6 Å². The number of amides is 2. The summed E-state index contributed by atoms with van der Waals surface area (Å²) in [6, 6.07) is 25.5. The van der Waals surface area contributed by atoms with Gasteiger partial charge in [-0.3, -0.25) is 9.68 Å². The Kier molecular flexibility index (Phi) is 23.4. The van der Waals surface area contributed by atoms with Gasteiger partial charge in [-0.25, -0.2) is 31.0 Å². The number of carbonyl (C=O) groups is 2.